The average molecular weight is 420 g/mol. The largest absolute Gasteiger partial charge is 0.416 e. The summed E-state index contributed by atoms with van der Waals surface area (Å²) >= 11 is 0. The molecule has 2 amide bonds. The Kier molecular flexibility index (Phi) is 6.28. The van der Waals surface area contributed by atoms with Crippen LogP contribution in [0.15, 0.2) is 42.6 Å². The van der Waals surface area contributed by atoms with Crippen molar-refractivity contribution in [3.63, 3.8) is 0 Å². The van der Waals surface area contributed by atoms with Gasteiger partial charge in [0.05, 0.1) is 11.6 Å². The lowest BCUT2D eigenvalue weighted by atomic mass is 10.0. The first-order chi connectivity index (χ1) is 14.1. The monoisotopic (exact) mass is 420 g/mol. The lowest BCUT2D eigenvalue weighted by Crippen LogP contribution is -2.38. The number of nitrogens with one attached hydrogen (secondary N) is 1. The van der Waals surface area contributed by atoms with Crippen molar-refractivity contribution in [1.29, 1.82) is 0 Å². The number of aromatic nitrogens is 1. The van der Waals surface area contributed by atoms with E-state index in [-0.39, 0.29) is 12.5 Å². The third-order valence-corrected chi connectivity index (χ3v) is 4.96. The van der Waals surface area contributed by atoms with E-state index in [0.717, 1.165) is 12.1 Å². The number of halogens is 3. The van der Waals surface area contributed by atoms with E-state index in [4.69, 9.17) is 0 Å². The molecule has 3 rings (SSSR count). The highest BCUT2D eigenvalue weighted by Gasteiger charge is 2.32. The van der Waals surface area contributed by atoms with E-state index in [1.807, 2.05) is 0 Å². The van der Waals surface area contributed by atoms with Crippen LogP contribution in [0.3, 0.4) is 0 Å². The Balaban J connectivity index is 1.89. The van der Waals surface area contributed by atoms with Crippen LogP contribution in [-0.4, -0.2) is 48.9 Å². The van der Waals surface area contributed by atoms with Crippen LogP contribution in [0.5, 0.6) is 0 Å². The zero-order chi connectivity index (χ0) is 21.9. The molecule has 1 aromatic heterocycles. The molecule has 1 aliphatic heterocycles. The van der Waals surface area contributed by atoms with Crippen molar-refractivity contribution in [2.45, 2.75) is 25.1 Å². The molecule has 0 saturated carbocycles. The number of nitrogens with zero attached hydrogens (tertiary/aromatic N) is 3. The quantitative estimate of drug-likeness (QED) is 0.779. The summed E-state index contributed by atoms with van der Waals surface area (Å²) in [6.45, 7) is 0.627. The van der Waals surface area contributed by atoms with E-state index >= 15 is 0 Å². The molecule has 1 fully saturated rings. The summed E-state index contributed by atoms with van der Waals surface area (Å²) < 4.78 is 39.5. The minimum Gasteiger partial charge on any atom is -0.363 e. The van der Waals surface area contributed by atoms with Gasteiger partial charge in [-0.2, -0.15) is 13.2 Å². The van der Waals surface area contributed by atoms with Crippen LogP contribution in [0.25, 0.3) is 0 Å². The summed E-state index contributed by atoms with van der Waals surface area (Å²) in [5, 5.41) is 2.80. The summed E-state index contributed by atoms with van der Waals surface area (Å²) in [6, 6.07) is 7.18. The minimum atomic E-state index is -4.50. The van der Waals surface area contributed by atoms with Crippen molar-refractivity contribution >= 4 is 17.6 Å². The fraction of sp³-hybridized carbons (Fsp3) is 0.381. The highest BCUT2D eigenvalue weighted by molar-refractivity contribution is 5.95. The molecule has 2 heterocycles. The van der Waals surface area contributed by atoms with Gasteiger partial charge in [-0.05, 0) is 36.2 Å². The van der Waals surface area contributed by atoms with Crippen LogP contribution in [-0.2, 0) is 11.0 Å². The van der Waals surface area contributed by atoms with Gasteiger partial charge in [0.25, 0.3) is 5.91 Å². The first kappa shape index (κ1) is 21.6. The van der Waals surface area contributed by atoms with Gasteiger partial charge in [-0.3, -0.25) is 9.59 Å². The predicted molar refractivity (Wildman–Crippen MR) is 106 cm³/mol. The maximum Gasteiger partial charge on any atom is 0.416 e. The molecule has 0 bridgehead atoms. The molecule has 1 N–H and O–H groups in total. The fourth-order valence-corrected chi connectivity index (χ4v) is 3.33. The van der Waals surface area contributed by atoms with Crippen molar-refractivity contribution in [2.75, 3.05) is 32.1 Å². The Morgan fingerprint density at radius 2 is 2.03 bits per heavy atom. The molecule has 30 heavy (non-hydrogen) atoms. The van der Waals surface area contributed by atoms with Crippen molar-refractivity contribution in [1.82, 2.24) is 15.2 Å². The second kappa shape index (κ2) is 8.73. The number of amides is 2. The molecule has 0 aliphatic carbocycles. The molecular formula is C21H23F3N4O2. The zero-order valence-corrected chi connectivity index (χ0v) is 16.7. The number of alkyl halides is 3. The van der Waals surface area contributed by atoms with Crippen LogP contribution < -0.4 is 10.2 Å². The summed E-state index contributed by atoms with van der Waals surface area (Å²) in [5.41, 5.74) is -0.177. The van der Waals surface area contributed by atoms with Crippen LogP contribution in [0.1, 0.15) is 40.4 Å². The van der Waals surface area contributed by atoms with Crippen LogP contribution >= 0.6 is 0 Å². The van der Waals surface area contributed by atoms with E-state index in [2.05, 4.69) is 10.3 Å². The number of pyridine rings is 1. The van der Waals surface area contributed by atoms with Crippen molar-refractivity contribution in [3.05, 3.63) is 59.3 Å². The zero-order valence-electron chi connectivity index (χ0n) is 16.7. The van der Waals surface area contributed by atoms with E-state index in [0.29, 0.717) is 36.3 Å². The highest BCUT2D eigenvalue weighted by atomic mass is 19.4. The smallest absolute Gasteiger partial charge is 0.363 e. The van der Waals surface area contributed by atoms with Gasteiger partial charge in [0, 0.05) is 45.4 Å². The maximum atomic E-state index is 13.2. The molecule has 0 unspecified atom stereocenters. The number of anilines is 1. The second-order valence-corrected chi connectivity index (χ2v) is 7.39. The van der Waals surface area contributed by atoms with Crippen molar-refractivity contribution in [3.8, 4) is 0 Å². The van der Waals surface area contributed by atoms with Gasteiger partial charge >= 0.3 is 6.18 Å². The van der Waals surface area contributed by atoms with Crippen LogP contribution in [0.4, 0.5) is 19.0 Å². The summed E-state index contributed by atoms with van der Waals surface area (Å²) in [7, 11) is 3.57. The van der Waals surface area contributed by atoms with Crippen LogP contribution in [0, 0.1) is 0 Å². The van der Waals surface area contributed by atoms with Gasteiger partial charge < -0.3 is 15.1 Å². The van der Waals surface area contributed by atoms with E-state index < -0.39 is 23.7 Å². The van der Waals surface area contributed by atoms with Gasteiger partial charge in [0.2, 0.25) is 5.91 Å². The Morgan fingerprint density at radius 3 is 2.67 bits per heavy atom. The van der Waals surface area contributed by atoms with E-state index in [1.165, 1.54) is 24.4 Å². The van der Waals surface area contributed by atoms with Crippen molar-refractivity contribution in [2.24, 2.45) is 0 Å². The minimum absolute atomic E-state index is 0.0694. The third-order valence-electron chi connectivity index (χ3n) is 4.96. The SMILES string of the molecule is CN(C)c1cc(C(=O)N[C@@H](CN2CCCC2=O)c2cccc(C(F)(F)F)c2)ccn1. The Morgan fingerprint density at radius 1 is 1.27 bits per heavy atom. The first-order valence-corrected chi connectivity index (χ1v) is 9.54. The molecule has 1 aromatic carbocycles. The Bertz CT molecular complexity index is 930. The molecule has 1 aliphatic rings. The lowest BCUT2D eigenvalue weighted by Gasteiger charge is -2.26. The lowest BCUT2D eigenvalue weighted by molar-refractivity contribution is -0.137. The van der Waals surface area contributed by atoms with Gasteiger partial charge in [0.1, 0.15) is 5.82 Å². The highest BCUT2D eigenvalue weighted by Crippen LogP contribution is 2.31. The van der Waals surface area contributed by atoms with Gasteiger partial charge in [0.15, 0.2) is 0 Å². The van der Waals surface area contributed by atoms with E-state index in [9.17, 15) is 22.8 Å². The molecular weight excluding hydrogens is 397 g/mol. The number of hydrogen-bond donors (Lipinski definition) is 1. The Hall–Kier alpha value is -3.10. The molecule has 6 nitrogen and oxygen atoms in total. The van der Waals surface area contributed by atoms with Gasteiger partial charge in [-0.15, -0.1) is 0 Å². The summed E-state index contributed by atoms with van der Waals surface area (Å²) in [4.78, 5) is 32.4. The Labute approximate surface area is 172 Å². The van der Waals surface area contributed by atoms with Crippen LogP contribution in [0.2, 0.25) is 0 Å². The molecule has 0 radical (unpaired) electrons. The normalized spacial score (nSPS) is 15.2. The number of rotatable bonds is 6. The number of hydrogen-bond acceptors (Lipinski definition) is 4. The molecule has 9 heteroatoms. The average Bonchev–Trinajstić information content (AvgIpc) is 3.11. The first-order valence-electron chi connectivity index (χ1n) is 9.54. The molecule has 160 valence electrons. The molecule has 0 spiro atoms. The summed E-state index contributed by atoms with van der Waals surface area (Å²) in [6.07, 6.45) is -1.91. The molecule has 1 saturated heterocycles. The summed E-state index contributed by atoms with van der Waals surface area (Å²) in [5.74, 6) is 0.0579. The second-order valence-electron chi connectivity index (χ2n) is 7.39. The van der Waals surface area contributed by atoms with Crippen molar-refractivity contribution < 1.29 is 22.8 Å². The maximum absolute atomic E-state index is 13.2. The number of benzene rings is 1. The third kappa shape index (κ3) is 5.08. The fourth-order valence-electron chi connectivity index (χ4n) is 3.33. The number of carbonyl (C=O) groups excluding carboxylic acids is 2. The topological polar surface area (TPSA) is 65.5 Å². The van der Waals surface area contributed by atoms with Gasteiger partial charge in [-0.25, -0.2) is 4.98 Å². The van der Waals surface area contributed by atoms with E-state index in [1.54, 1.807) is 30.0 Å². The van der Waals surface area contributed by atoms with Gasteiger partial charge in [-0.1, -0.05) is 12.1 Å². The predicted octanol–water partition coefficient (Wildman–Crippen LogP) is 3.26. The number of carbonyl (C=O) groups is 2. The molecule has 1 atom stereocenters. The number of likely N-dealkylation sites (tertiary alicyclic amines) is 1. The standard InChI is InChI=1S/C21H23F3N4O2/c1-27(2)18-12-15(8-9-25-18)20(30)26-17(13-28-10-4-7-19(28)29)14-5-3-6-16(11-14)21(22,23)24/h3,5-6,8-9,11-12,17H,4,7,10,13H2,1-2H3,(H,26,30)/t17-/m0/s1. The molecule has 2 aromatic rings.